The van der Waals surface area contributed by atoms with Gasteiger partial charge in [0, 0.05) is 28.4 Å². The van der Waals surface area contributed by atoms with Crippen LogP contribution >= 0.6 is 0 Å². The van der Waals surface area contributed by atoms with Gasteiger partial charge in [0.25, 0.3) is 5.91 Å². The number of aryl methyl sites for hydroxylation is 2. The summed E-state index contributed by atoms with van der Waals surface area (Å²) >= 11 is 0. The molecular weight excluding hydrogens is 352 g/mol. The fraction of sp³-hybridized carbons (Fsp3) is 0.136. The van der Waals surface area contributed by atoms with Gasteiger partial charge in [0.05, 0.1) is 0 Å². The van der Waals surface area contributed by atoms with Crippen LogP contribution in [0.3, 0.4) is 0 Å². The van der Waals surface area contributed by atoms with E-state index in [9.17, 15) is 14.9 Å². The fourth-order valence-electron chi connectivity index (χ4n) is 3.01. The average Bonchev–Trinajstić information content (AvgIpc) is 2.99. The molecule has 2 amide bonds. The number of nitrogens with one attached hydrogen (secondary N) is 1. The van der Waals surface area contributed by atoms with Crippen LogP contribution in [0.1, 0.15) is 16.7 Å². The number of amides is 2. The summed E-state index contributed by atoms with van der Waals surface area (Å²) in [7, 11) is 0. The third-order valence-electron chi connectivity index (χ3n) is 4.58. The van der Waals surface area contributed by atoms with E-state index in [0.717, 1.165) is 22.0 Å². The first-order valence-electron chi connectivity index (χ1n) is 8.75. The summed E-state index contributed by atoms with van der Waals surface area (Å²) < 4.78 is 1.71. The number of nitrogens with two attached hydrogens (primary N) is 1. The largest absolute Gasteiger partial charge is 0.368 e. The van der Waals surface area contributed by atoms with Crippen LogP contribution in [0, 0.1) is 25.2 Å². The van der Waals surface area contributed by atoms with Gasteiger partial charge >= 0.3 is 0 Å². The van der Waals surface area contributed by atoms with Gasteiger partial charge in [-0.05, 0) is 49.2 Å². The molecule has 3 aromatic rings. The van der Waals surface area contributed by atoms with Gasteiger partial charge in [-0.25, -0.2) is 0 Å². The lowest BCUT2D eigenvalue weighted by Crippen LogP contribution is -2.17. The van der Waals surface area contributed by atoms with Gasteiger partial charge in [0.2, 0.25) is 5.91 Å². The first-order chi connectivity index (χ1) is 13.4. The lowest BCUT2D eigenvalue weighted by atomic mass is 10.1. The van der Waals surface area contributed by atoms with E-state index in [0.29, 0.717) is 11.3 Å². The standard InChI is InChI=1S/C22H20N4O2/c1-14-7-8-18(9-15(14)2)25-22(28)16(11-23)10-17-12-26(13-21(24)27)20-6-4-3-5-19(17)20/h3-10,12H,13H2,1-2H3,(H2,24,27)(H,25,28)/b16-10+. The normalized spacial score (nSPS) is 11.2. The van der Waals surface area contributed by atoms with Gasteiger partial charge in [-0.1, -0.05) is 24.3 Å². The minimum absolute atomic E-state index is 0.0189. The topological polar surface area (TPSA) is 101 Å². The second-order valence-corrected chi connectivity index (χ2v) is 6.62. The van der Waals surface area contributed by atoms with Crippen molar-refractivity contribution >= 4 is 34.5 Å². The minimum atomic E-state index is -0.488. The number of hydrogen-bond acceptors (Lipinski definition) is 3. The molecular formula is C22H20N4O2. The number of aromatic nitrogens is 1. The first-order valence-corrected chi connectivity index (χ1v) is 8.75. The smallest absolute Gasteiger partial charge is 0.266 e. The van der Waals surface area contributed by atoms with Crippen LogP contribution < -0.4 is 11.1 Å². The number of rotatable bonds is 5. The van der Waals surface area contributed by atoms with E-state index >= 15 is 0 Å². The molecule has 140 valence electrons. The molecule has 2 aromatic carbocycles. The molecule has 0 fully saturated rings. The SMILES string of the molecule is Cc1ccc(NC(=O)/C(C#N)=C/c2cn(CC(N)=O)c3ccccc23)cc1C. The van der Waals surface area contributed by atoms with Gasteiger partial charge in [0.15, 0.2) is 0 Å². The van der Waals surface area contributed by atoms with Crippen molar-refractivity contribution in [1.82, 2.24) is 4.57 Å². The second kappa shape index (κ2) is 7.80. The van der Waals surface area contributed by atoms with Crippen molar-refractivity contribution < 1.29 is 9.59 Å². The molecule has 0 saturated carbocycles. The highest BCUT2D eigenvalue weighted by Crippen LogP contribution is 2.24. The molecule has 0 aliphatic rings. The van der Waals surface area contributed by atoms with Gasteiger partial charge in [-0.15, -0.1) is 0 Å². The number of anilines is 1. The molecule has 0 saturated heterocycles. The molecule has 0 spiro atoms. The number of primary amides is 1. The summed E-state index contributed by atoms with van der Waals surface area (Å²) in [4.78, 5) is 23.9. The van der Waals surface area contributed by atoms with Gasteiger partial charge in [0.1, 0.15) is 18.2 Å². The molecule has 0 aliphatic heterocycles. The molecule has 6 nitrogen and oxygen atoms in total. The highest BCUT2D eigenvalue weighted by atomic mass is 16.2. The van der Waals surface area contributed by atoms with Crippen molar-refractivity contribution in [2.75, 3.05) is 5.32 Å². The van der Waals surface area contributed by atoms with Crippen LogP contribution in [0.25, 0.3) is 17.0 Å². The number of nitriles is 1. The van der Waals surface area contributed by atoms with Crippen molar-refractivity contribution in [2.45, 2.75) is 20.4 Å². The third-order valence-corrected chi connectivity index (χ3v) is 4.58. The average molecular weight is 372 g/mol. The Hall–Kier alpha value is -3.85. The van der Waals surface area contributed by atoms with Gasteiger partial charge < -0.3 is 15.6 Å². The Morgan fingerprint density at radius 3 is 2.61 bits per heavy atom. The van der Waals surface area contributed by atoms with Crippen molar-refractivity contribution in [3.05, 3.63) is 70.9 Å². The monoisotopic (exact) mass is 372 g/mol. The van der Waals surface area contributed by atoms with Crippen LogP contribution in [0.4, 0.5) is 5.69 Å². The Labute approximate surface area is 162 Å². The van der Waals surface area contributed by atoms with E-state index in [-0.39, 0.29) is 12.1 Å². The Morgan fingerprint density at radius 2 is 1.93 bits per heavy atom. The number of benzene rings is 2. The Balaban J connectivity index is 1.96. The van der Waals surface area contributed by atoms with Crippen molar-refractivity contribution in [3.63, 3.8) is 0 Å². The summed E-state index contributed by atoms with van der Waals surface area (Å²) in [6, 6.07) is 15.0. The van der Waals surface area contributed by atoms with E-state index in [1.54, 1.807) is 16.8 Å². The molecule has 6 heteroatoms. The number of carbonyl (C=O) groups excluding carboxylic acids is 2. The predicted molar refractivity (Wildman–Crippen MR) is 109 cm³/mol. The first kappa shape index (κ1) is 18.9. The molecule has 0 unspecified atom stereocenters. The van der Waals surface area contributed by atoms with E-state index in [1.807, 2.05) is 56.3 Å². The zero-order valence-corrected chi connectivity index (χ0v) is 15.7. The summed E-state index contributed by atoms with van der Waals surface area (Å²) in [5.74, 6) is -0.957. The Bertz CT molecular complexity index is 1150. The van der Waals surface area contributed by atoms with E-state index < -0.39 is 11.8 Å². The molecule has 3 rings (SSSR count). The number of hydrogen-bond donors (Lipinski definition) is 2. The molecule has 1 heterocycles. The van der Waals surface area contributed by atoms with Crippen molar-refractivity contribution in [3.8, 4) is 6.07 Å². The lowest BCUT2D eigenvalue weighted by Gasteiger charge is -2.07. The summed E-state index contributed by atoms with van der Waals surface area (Å²) in [6.45, 7) is 3.97. The molecule has 3 N–H and O–H groups in total. The minimum Gasteiger partial charge on any atom is -0.368 e. The summed E-state index contributed by atoms with van der Waals surface area (Å²) in [6.07, 6.45) is 3.24. The molecule has 0 bridgehead atoms. The maximum atomic E-state index is 12.6. The fourth-order valence-corrected chi connectivity index (χ4v) is 3.01. The zero-order chi connectivity index (χ0) is 20.3. The summed E-state index contributed by atoms with van der Waals surface area (Å²) in [5.41, 5.74) is 9.57. The quantitative estimate of drug-likeness (QED) is 0.531. The third kappa shape index (κ3) is 3.94. The maximum absolute atomic E-state index is 12.6. The van der Waals surface area contributed by atoms with Gasteiger partial charge in [-0.2, -0.15) is 5.26 Å². The van der Waals surface area contributed by atoms with Crippen LogP contribution in [0.2, 0.25) is 0 Å². The number of para-hydroxylation sites is 1. The lowest BCUT2D eigenvalue weighted by molar-refractivity contribution is -0.118. The highest BCUT2D eigenvalue weighted by Gasteiger charge is 2.13. The Kier molecular flexibility index (Phi) is 5.28. The van der Waals surface area contributed by atoms with Crippen molar-refractivity contribution in [2.24, 2.45) is 5.73 Å². The zero-order valence-electron chi connectivity index (χ0n) is 15.7. The van der Waals surface area contributed by atoms with Crippen molar-refractivity contribution in [1.29, 1.82) is 5.26 Å². The maximum Gasteiger partial charge on any atom is 0.266 e. The summed E-state index contributed by atoms with van der Waals surface area (Å²) in [5, 5.41) is 13.1. The number of nitrogens with zero attached hydrogens (tertiary/aromatic N) is 2. The molecule has 0 atom stereocenters. The Morgan fingerprint density at radius 1 is 1.18 bits per heavy atom. The van der Waals surface area contributed by atoms with E-state index in [4.69, 9.17) is 5.73 Å². The second-order valence-electron chi connectivity index (χ2n) is 6.62. The van der Waals surface area contributed by atoms with Crippen LogP contribution in [0.5, 0.6) is 0 Å². The number of fused-ring (bicyclic) bond motifs is 1. The van der Waals surface area contributed by atoms with Crippen LogP contribution in [-0.4, -0.2) is 16.4 Å². The molecule has 28 heavy (non-hydrogen) atoms. The van der Waals surface area contributed by atoms with Crippen LogP contribution in [-0.2, 0) is 16.1 Å². The predicted octanol–water partition coefficient (Wildman–Crippen LogP) is 3.29. The molecule has 1 aromatic heterocycles. The van der Waals surface area contributed by atoms with Crippen LogP contribution in [0.15, 0.2) is 54.2 Å². The van der Waals surface area contributed by atoms with E-state index in [2.05, 4.69) is 5.32 Å². The molecule has 0 aliphatic carbocycles. The number of carbonyl (C=O) groups is 2. The highest BCUT2D eigenvalue weighted by molar-refractivity contribution is 6.10. The van der Waals surface area contributed by atoms with E-state index in [1.165, 1.54) is 6.08 Å². The molecule has 0 radical (unpaired) electrons. The van der Waals surface area contributed by atoms with Gasteiger partial charge in [-0.3, -0.25) is 9.59 Å².